The Balaban J connectivity index is 1.92. The summed E-state index contributed by atoms with van der Waals surface area (Å²) >= 11 is 0. The van der Waals surface area contributed by atoms with Crippen molar-refractivity contribution in [2.75, 3.05) is 0 Å². The number of hydrogen-bond donors (Lipinski definition) is 1. The van der Waals surface area contributed by atoms with Crippen LogP contribution in [-0.4, -0.2) is 15.6 Å². The van der Waals surface area contributed by atoms with E-state index in [9.17, 15) is 15.1 Å². The Morgan fingerprint density at radius 1 is 0.862 bits per heavy atom. The van der Waals surface area contributed by atoms with Gasteiger partial charge in [0.15, 0.2) is 11.4 Å². The third-order valence-corrected chi connectivity index (χ3v) is 4.92. The van der Waals surface area contributed by atoms with E-state index in [1.807, 2.05) is 91.0 Å². The summed E-state index contributed by atoms with van der Waals surface area (Å²) in [5.41, 5.74) is 3.46. The average molecular weight is 384 g/mol. The van der Waals surface area contributed by atoms with Crippen LogP contribution in [0.2, 0.25) is 0 Å². The summed E-state index contributed by atoms with van der Waals surface area (Å²) in [6.45, 7) is 0. The summed E-state index contributed by atoms with van der Waals surface area (Å²) in [6, 6.07) is 27.3. The molecule has 0 saturated heterocycles. The van der Waals surface area contributed by atoms with Crippen LogP contribution >= 0.6 is 0 Å². The molecule has 1 heterocycles. The first-order valence-electron chi connectivity index (χ1n) is 9.36. The van der Waals surface area contributed by atoms with Crippen LogP contribution in [0.1, 0.15) is 11.6 Å². The van der Waals surface area contributed by atoms with Crippen molar-refractivity contribution < 1.29 is 14.6 Å². The minimum Gasteiger partial charge on any atom is -0.710 e. The minimum atomic E-state index is -0.985. The summed E-state index contributed by atoms with van der Waals surface area (Å²) < 4.78 is 2.35. The van der Waals surface area contributed by atoms with E-state index in [2.05, 4.69) is 0 Å². The Hall–Kier alpha value is -3.86. The van der Waals surface area contributed by atoms with Gasteiger partial charge in [-0.15, -0.1) is 0 Å². The van der Waals surface area contributed by atoms with Gasteiger partial charge in [-0.25, -0.2) is 14.1 Å². The van der Waals surface area contributed by atoms with Crippen molar-refractivity contribution in [2.45, 2.75) is 12.5 Å². The predicted molar refractivity (Wildman–Crippen MR) is 111 cm³/mol. The monoisotopic (exact) mass is 384 g/mol. The first kappa shape index (κ1) is 18.5. The number of aromatic nitrogens is 2. The fourth-order valence-corrected chi connectivity index (χ4v) is 3.58. The number of carbonyl (C=O) groups is 1. The third kappa shape index (κ3) is 3.75. The Morgan fingerprint density at radius 3 is 1.93 bits per heavy atom. The molecule has 0 aliphatic heterocycles. The number of carboxylic acid groups (broad SMARTS) is 1. The van der Waals surface area contributed by atoms with Crippen LogP contribution in [0.4, 0.5) is 0 Å². The third-order valence-electron chi connectivity index (χ3n) is 4.92. The van der Waals surface area contributed by atoms with Crippen LogP contribution in [0, 0.1) is 5.21 Å². The summed E-state index contributed by atoms with van der Waals surface area (Å²) in [5, 5.41) is 22.9. The second-order valence-electron chi connectivity index (χ2n) is 6.82. The zero-order valence-electron chi connectivity index (χ0n) is 15.7. The highest BCUT2D eigenvalue weighted by atomic mass is 16.5. The molecule has 0 unspecified atom stereocenters. The molecule has 0 fully saturated rings. The SMILES string of the molecule is O=C(O)[C@@H](Cc1ccccc1)n1c[n+]([O-])c(-c2ccccc2)c1-c1ccccc1. The van der Waals surface area contributed by atoms with E-state index in [0.29, 0.717) is 11.4 Å². The van der Waals surface area contributed by atoms with Gasteiger partial charge in [-0.2, -0.15) is 0 Å². The van der Waals surface area contributed by atoms with Crippen LogP contribution in [0.15, 0.2) is 97.3 Å². The average Bonchev–Trinajstić information content (AvgIpc) is 3.10. The zero-order valence-corrected chi connectivity index (χ0v) is 15.7. The molecule has 29 heavy (non-hydrogen) atoms. The normalized spacial score (nSPS) is 11.9. The molecule has 0 aliphatic carbocycles. The number of aliphatic carboxylic acids is 1. The smallest absolute Gasteiger partial charge is 0.349 e. The molecule has 3 aromatic carbocycles. The van der Waals surface area contributed by atoms with Crippen LogP contribution in [0.3, 0.4) is 0 Å². The number of benzene rings is 3. The Bertz CT molecular complexity index is 1110. The molecule has 1 aromatic heterocycles. The maximum Gasteiger partial charge on any atom is 0.349 e. The van der Waals surface area contributed by atoms with E-state index in [0.717, 1.165) is 21.4 Å². The number of carboxylic acids is 1. The van der Waals surface area contributed by atoms with E-state index in [4.69, 9.17) is 0 Å². The highest BCUT2D eigenvalue weighted by Gasteiger charge is 2.32. The molecule has 5 heteroatoms. The van der Waals surface area contributed by atoms with Crippen molar-refractivity contribution in [2.24, 2.45) is 0 Å². The summed E-state index contributed by atoms with van der Waals surface area (Å²) in [4.78, 5) is 12.2. The molecule has 0 amide bonds. The Morgan fingerprint density at radius 2 is 1.38 bits per heavy atom. The van der Waals surface area contributed by atoms with E-state index in [-0.39, 0.29) is 6.42 Å². The standard InChI is InChI=1S/C24H20N2O3/c27-24(28)21(16-18-10-4-1-5-11-18)25-17-26(29)23(20-14-8-3-9-15-20)22(25)19-12-6-2-7-13-19/h1-15,17,21H,16H2,(H,27,28)/t21-/m1/s1. The van der Waals surface area contributed by atoms with Crippen molar-refractivity contribution in [3.05, 3.63) is 108 Å². The number of imidazole rings is 1. The molecule has 0 radical (unpaired) electrons. The second kappa shape index (κ2) is 8.02. The molecule has 4 rings (SSSR count). The molecule has 0 spiro atoms. The van der Waals surface area contributed by atoms with Gasteiger partial charge >= 0.3 is 5.97 Å². The fraction of sp³-hybridized carbons (Fsp3) is 0.0833. The van der Waals surface area contributed by atoms with Crippen LogP contribution in [0.25, 0.3) is 22.5 Å². The lowest BCUT2D eigenvalue weighted by atomic mass is 10.0. The molecule has 4 aromatic rings. The molecule has 0 saturated carbocycles. The summed E-state index contributed by atoms with van der Waals surface area (Å²) in [7, 11) is 0. The number of nitrogens with zero attached hydrogens (tertiary/aromatic N) is 2. The second-order valence-corrected chi connectivity index (χ2v) is 6.82. The largest absolute Gasteiger partial charge is 0.710 e. The van der Waals surface area contributed by atoms with E-state index in [1.54, 1.807) is 4.57 Å². The van der Waals surface area contributed by atoms with Gasteiger partial charge in [0.05, 0.1) is 0 Å². The predicted octanol–water partition coefficient (Wildman–Crippen LogP) is 4.32. The lowest BCUT2D eigenvalue weighted by Crippen LogP contribution is -2.27. The van der Waals surface area contributed by atoms with Gasteiger partial charge in [0.2, 0.25) is 12.4 Å². The highest BCUT2D eigenvalue weighted by Crippen LogP contribution is 2.33. The topological polar surface area (TPSA) is 69.2 Å². The van der Waals surface area contributed by atoms with Gasteiger partial charge in [0.25, 0.3) is 0 Å². The Labute approximate surface area is 168 Å². The lowest BCUT2D eigenvalue weighted by molar-refractivity contribution is -0.593. The van der Waals surface area contributed by atoms with Gasteiger partial charge in [-0.1, -0.05) is 91.0 Å². The van der Waals surface area contributed by atoms with Crippen molar-refractivity contribution in [1.29, 1.82) is 0 Å². The lowest BCUT2D eigenvalue weighted by Gasteiger charge is -2.13. The van der Waals surface area contributed by atoms with Crippen LogP contribution in [0.5, 0.6) is 0 Å². The molecule has 144 valence electrons. The van der Waals surface area contributed by atoms with Gasteiger partial charge < -0.3 is 10.3 Å². The quantitative estimate of drug-likeness (QED) is 0.397. The molecule has 0 bridgehead atoms. The molecule has 5 nitrogen and oxygen atoms in total. The van der Waals surface area contributed by atoms with E-state index >= 15 is 0 Å². The maximum absolute atomic E-state index is 12.9. The first-order chi connectivity index (χ1) is 14.1. The number of hydrogen-bond acceptors (Lipinski definition) is 2. The highest BCUT2D eigenvalue weighted by molar-refractivity contribution is 5.79. The van der Waals surface area contributed by atoms with E-state index < -0.39 is 12.0 Å². The van der Waals surface area contributed by atoms with Gasteiger partial charge in [0, 0.05) is 17.5 Å². The van der Waals surface area contributed by atoms with Gasteiger partial charge in [-0.3, -0.25) is 0 Å². The van der Waals surface area contributed by atoms with Gasteiger partial charge in [0.1, 0.15) is 0 Å². The minimum absolute atomic E-state index is 0.277. The van der Waals surface area contributed by atoms with Crippen molar-refractivity contribution in [3.63, 3.8) is 0 Å². The first-order valence-corrected chi connectivity index (χ1v) is 9.36. The van der Waals surface area contributed by atoms with Crippen molar-refractivity contribution in [3.8, 4) is 22.5 Å². The van der Waals surface area contributed by atoms with Crippen molar-refractivity contribution in [1.82, 2.24) is 4.57 Å². The van der Waals surface area contributed by atoms with Crippen molar-refractivity contribution >= 4 is 5.97 Å². The molecule has 0 aliphatic rings. The van der Waals surface area contributed by atoms with Crippen LogP contribution in [-0.2, 0) is 11.2 Å². The molecule has 1 atom stereocenters. The number of rotatable bonds is 6. The van der Waals surface area contributed by atoms with Gasteiger partial charge in [-0.05, 0) is 5.56 Å². The molecular formula is C24H20N2O3. The van der Waals surface area contributed by atoms with Crippen LogP contribution < -0.4 is 4.73 Å². The maximum atomic E-state index is 12.9. The summed E-state index contributed by atoms with van der Waals surface area (Å²) in [5.74, 6) is -0.985. The van der Waals surface area contributed by atoms with E-state index in [1.165, 1.54) is 6.33 Å². The molecular weight excluding hydrogens is 364 g/mol. The summed E-state index contributed by atoms with van der Waals surface area (Å²) in [6.07, 6.45) is 1.62. The molecule has 1 N–H and O–H groups in total. The zero-order chi connectivity index (χ0) is 20.2. The fourth-order valence-electron chi connectivity index (χ4n) is 3.58. The Kier molecular flexibility index (Phi) is 5.12.